The van der Waals surface area contributed by atoms with Crippen LogP contribution in [0.5, 0.6) is 23.0 Å². The van der Waals surface area contributed by atoms with Gasteiger partial charge in [-0.1, -0.05) is 79.7 Å². The Labute approximate surface area is 231 Å². The molecule has 3 aromatic carbocycles. The molecule has 0 fully saturated rings. The first kappa shape index (κ1) is 29.9. The van der Waals surface area contributed by atoms with Crippen LogP contribution in [0.3, 0.4) is 0 Å². The maximum Gasteiger partial charge on any atom is 0.142 e. The molecule has 0 amide bonds. The standard InChI is InChI=1S/C34H50O4/c1-23(2)15-19-35-29-13-9-11-27-31(29)34(38-22-18-26(7)8)32-28(33(27)37-21-17-25(5)6)12-10-14-30(32)36-20-16-24(3)4/h9-14,23-26H,15-22H2,1-8H3. The molecule has 0 N–H and O–H groups in total. The number of fused-ring (bicyclic) bond motifs is 2. The molecule has 0 radical (unpaired) electrons. The quantitative estimate of drug-likeness (QED) is 0.175. The summed E-state index contributed by atoms with van der Waals surface area (Å²) in [5.41, 5.74) is 0. The number of hydrogen-bond acceptors (Lipinski definition) is 4. The Balaban J connectivity index is 2.24. The summed E-state index contributed by atoms with van der Waals surface area (Å²) in [4.78, 5) is 0. The minimum absolute atomic E-state index is 0.551. The predicted molar refractivity (Wildman–Crippen MR) is 161 cm³/mol. The lowest BCUT2D eigenvalue weighted by atomic mass is 9.98. The van der Waals surface area contributed by atoms with E-state index in [1.165, 1.54) is 0 Å². The van der Waals surface area contributed by atoms with Crippen LogP contribution >= 0.6 is 0 Å². The number of benzene rings is 3. The van der Waals surface area contributed by atoms with E-state index in [-0.39, 0.29) is 0 Å². The van der Waals surface area contributed by atoms with Gasteiger partial charge >= 0.3 is 0 Å². The molecule has 4 nitrogen and oxygen atoms in total. The molecule has 0 spiro atoms. The Kier molecular flexibility index (Phi) is 11.4. The van der Waals surface area contributed by atoms with Gasteiger partial charge in [-0.3, -0.25) is 0 Å². The molecule has 0 atom stereocenters. The monoisotopic (exact) mass is 522 g/mol. The van der Waals surface area contributed by atoms with E-state index in [4.69, 9.17) is 18.9 Å². The van der Waals surface area contributed by atoms with Crippen LogP contribution in [0.4, 0.5) is 0 Å². The molecule has 0 unspecified atom stereocenters. The van der Waals surface area contributed by atoms with Gasteiger partial charge in [-0.25, -0.2) is 0 Å². The van der Waals surface area contributed by atoms with Crippen molar-refractivity contribution < 1.29 is 18.9 Å². The fourth-order valence-corrected chi connectivity index (χ4v) is 4.32. The van der Waals surface area contributed by atoms with Crippen molar-refractivity contribution in [3.05, 3.63) is 36.4 Å². The molecule has 4 heteroatoms. The lowest BCUT2D eigenvalue weighted by Gasteiger charge is -2.22. The summed E-state index contributed by atoms with van der Waals surface area (Å²) in [5, 5.41) is 4.02. The molecule has 0 aliphatic heterocycles. The maximum absolute atomic E-state index is 6.66. The second-order valence-corrected chi connectivity index (χ2v) is 12.1. The molecular weight excluding hydrogens is 472 g/mol. The second-order valence-electron chi connectivity index (χ2n) is 12.1. The van der Waals surface area contributed by atoms with Gasteiger partial charge in [0.1, 0.15) is 23.0 Å². The first-order valence-electron chi connectivity index (χ1n) is 14.7. The summed E-state index contributed by atoms with van der Waals surface area (Å²) in [6, 6.07) is 12.5. The van der Waals surface area contributed by atoms with Gasteiger partial charge in [0.25, 0.3) is 0 Å². The molecule has 0 aliphatic carbocycles. The van der Waals surface area contributed by atoms with Gasteiger partial charge in [0, 0.05) is 10.8 Å². The van der Waals surface area contributed by atoms with Gasteiger partial charge in [-0.05, 0) is 61.5 Å². The van der Waals surface area contributed by atoms with Crippen molar-refractivity contribution in [2.45, 2.75) is 81.1 Å². The lowest BCUT2D eigenvalue weighted by molar-refractivity contribution is 0.278. The second kappa shape index (κ2) is 14.5. The Bertz CT molecular complexity index is 1070. The van der Waals surface area contributed by atoms with Gasteiger partial charge in [0.05, 0.1) is 37.2 Å². The number of ether oxygens (including phenoxy) is 4. The fraction of sp³-hybridized carbons (Fsp3) is 0.588. The number of hydrogen-bond donors (Lipinski definition) is 0. The summed E-state index contributed by atoms with van der Waals surface area (Å²) in [6.45, 7) is 20.4. The Morgan fingerprint density at radius 1 is 0.447 bits per heavy atom. The summed E-state index contributed by atoms with van der Waals surface area (Å²) >= 11 is 0. The zero-order valence-electron chi connectivity index (χ0n) is 25.1. The highest BCUT2D eigenvalue weighted by atomic mass is 16.5. The highest BCUT2D eigenvalue weighted by Crippen LogP contribution is 2.49. The molecule has 0 saturated carbocycles. The largest absolute Gasteiger partial charge is 0.493 e. The van der Waals surface area contributed by atoms with Crippen LogP contribution in [-0.2, 0) is 0 Å². The molecule has 0 aliphatic rings. The van der Waals surface area contributed by atoms with Crippen LogP contribution in [0.2, 0.25) is 0 Å². The summed E-state index contributed by atoms with van der Waals surface area (Å²) in [7, 11) is 0. The average molecular weight is 523 g/mol. The van der Waals surface area contributed by atoms with E-state index in [0.29, 0.717) is 50.1 Å². The van der Waals surface area contributed by atoms with Gasteiger partial charge in [-0.15, -0.1) is 0 Å². The van der Waals surface area contributed by atoms with Crippen molar-refractivity contribution in [3.8, 4) is 23.0 Å². The molecule has 38 heavy (non-hydrogen) atoms. The van der Waals surface area contributed by atoms with Crippen molar-refractivity contribution >= 4 is 21.5 Å². The van der Waals surface area contributed by atoms with E-state index in [0.717, 1.165) is 70.2 Å². The predicted octanol–water partition coefficient (Wildman–Crippen LogP) is 9.69. The minimum atomic E-state index is 0.551. The summed E-state index contributed by atoms with van der Waals surface area (Å²) in [5.74, 6) is 5.67. The topological polar surface area (TPSA) is 36.9 Å². The Hall–Kier alpha value is -2.62. The third kappa shape index (κ3) is 8.19. The molecule has 0 bridgehead atoms. The molecule has 210 valence electrons. The van der Waals surface area contributed by atoms with E-state index < -0.39 is 0 Å². The van der Waals surface area contributed by atoms with Crippen LogP contribution in [0.25, 0.3) is 21.5 Å². The summed E-state index contributed by atoms with van der Waals surface area (Å²) in [6.07, 6.45) is 3.96. The zero-order chi connectivity index (χ0) is 27.7. The maximum atomic E-state index is 6.66. The van der Waals surface area contributed by atoms with Gasteiger partial charge in [0.15, 0.2) is 0 Å². The highest BCUT2D eigenvalue weighted by molar-refractivity contribution is 6.15. The van der Waals surface area contributed by atoms with Crippen molar-refractivity contribution in [2.75, 3.05) is 26.4 Å². The van der Waals surface area contributed by atoms with E-state index in [9.17, 15) is 0 Å². The smallest absolute Gasteiger partial charge is 0.142 e. The van der Waals surface area contributed by atoms with Crippen molar-refractivity contribution in [1.82, 2.24) is 0 Å². The van der Waals surface area contributed by atoms with Crippen LogP contribution in [0.1, 0.15) is 81.1 Å². The molecule has 0 heterocycles. The lowest BCUT2D eigenvalue weighted by Crippen LogP contribution is -2.08. The first-order chi connectivity index (χ1) is 18.2. The molecule has 0 saturated heterocycles. The highest BCUT2D eigenvalue weighted by Gasteiger charge is 2.23. The molecule has 3 aromatic rings. The van der Waals surface area contributed by atoms with Crippen molar-refractivity contribution in [3.63, 3.8) is 0 Å². The van der Waals surface area contributed by atoms with E-state index >= 15 is 0 Å². The third-order valence-electron chi connectivity index (χ3n) is 6.78. The van der Waals surface area contributed by atoms with Crippen LogP contribution in [0.15, 0.2) is 36.4 Å². The first-order valence-corrected chi connectivity index (χ1v) is 14.7. The van der Waals surface area contributed by atoms with Gasteiger partial charge in [0.2, 0.25) is 0 Å². The van der Waals surface area contributed by atoms with E-state index in [1.54, 1.807) is 0 Å². The van der Waals surface area contributed by atoms with E-state index in [2.05, 4.69) is 91.8 Å². The van der Waals surface area contributed by atoms with Crippen molar-refractivity contribution in [1.29, 1.82) is 0 Å². The SMILES string of the molecule is CC(C)CCOc1c2cccc(OCCC(C)C)c2c(OCCC(C)C)c2c(OCCC(C)C)cccc12. The fourth-order valence-electron chi connectivity index (χ4n) is 4.32. The molecular formula is C34H50O4. The van der Waals surface area contributed by atoms with E-state index in [1.807, 2.05) is 0 Å². The molecule has 3 rings (SSSR count). The third-order valence-corrected chi connectivity index (χ3v) is 6.78. The van der Waals surface area contributed by atoms with Crippen molar-refractivity contribution in [2.24, 2.45) is 23.7 Å². The zero-order valence-corrected chi connectivity index (χ0v) is 25.1. The normalized spacial score (nSPS) is 11.9. The van der Waals surface area contributed by atoms with Gasteiger partial charge < -0.3 is 18.9 Å². The Morgan fingerprint density at radius 3 is 1.16 bits per heavy atom. The number of rotatable bonds is 16. The summed E-state index contributed by atoms with van der Waals surface area (Å²) < 4.78 is 26.1. The van der Waals surface area contributed by atoms with Crippen LogP contribution < -0.4 is 18.9 Å². The minimum Gasteiger partial charge on any atom is -0.493 e. The van der Waals surface area contributed by atoms with Gasteiger partial charge in [-0.2, -0.15) is 0 Å². The molecule has 0 aromatic heterocycles. The Morgan fingerprint density at radius 2 is 0.789 bits per heavy atom. The van der Waals surface area contributed by atoms with Crippen LogP contribution in [-0.4, -0.2) is 26.4 Å². The average Bonchev–Trinajstić information content (AvgIpc) is 2.84. The van der Waals surface area contributed by atoms with Crippen LogP contribution in [0, 0.1) is 23.7 Å².